The summed E-state index contributed by atoms with van der Waals surface area (Å²) in [6, 6.07) is 1.86. The number of ether oxygens (including phenoxy) is 1. The van der Waals surface area contributed by atoms with Gasteiger partial charge >= 0.3 is 0 Å². The van der Waals surface area contributed by atoms with Crippen LogP contribution in [0.5, 0.6) is 0 Å². The van der Waals surface area contributed by atoms with Gasteiger partial charge in [0, 0.05) is 31.7 Å². The van der Waals surface area contributed by atoms with Gasteiger partial charge in [0.15, 0.2) is 0 Å². The molecule has 0 N–H and O–H groups in total. The second-order valence-corrected chi connectivity index (χ2v) is 5.02. The van der Waals surface area contributed by atoms with Crippen molar-refractivity contribution in [2.24, 2.45) is 0 Å². The minimum atomic E-state index is 0.538. The maximum Gasteiger partial charge on any atom is 0.135 e. The van der Waals surface area contributed by atoms with Crippen molar-refractivity contribution in [3.63, 3.8) is 0 Å². The Balaban J connectivity index is 1.84. The van der Waals surface area contributed by atoms with Crippen molar-refractivity contribution >= 4 is 17.4 Å². The molecule has 3 rings (SSSR count). The monoisotopic (exact) mass is 253 g/mol. The lowest BCUT2D eigenvalue weighted by Gasteiger charge is -2.21. The Kier molecular flexibility index (Phi) is 3.16. The highest BCUT2D eigenvalue weighted by Gasteiger charge is 2.27. The zero-order valence-corrected chi connectivity index (χ0v) is 10.5. The predicted octanol–water partition coefficient (Wildman–Crippen LogP) is 2.23. The van der Waals surface area contributed by atoms with Crippen molar-refractivity contribution in [3.8, 4) is 0 Å². The molecule has 0 spiro atoms. The van der Waals surface area contributed by atoms with E-state index >= 15 is 0 Å². The summed E-state index contributed by atoms with van der Waals surface area (Å²) in [4.78, 5) is 11.2. The standard InChI is InChI=1S/C12H16ClN3O/c13-10-8-11(15-12(14-10)9-2-3-9)16-4-1-6-17-7-5-16/h8-9H,1-7H2. The third kappa shape index (κ3) is 2.69. The molecule has 2 fully saturated rings. The molecule has 5 heteroatoms. The Bertz CT molecular complexity index is 401. The van der Waals surface area contributed by atoms with Gasteiger partial charge in [-0.3, -0.25) is 0 Å². The Hall–Kier alpha value is -0.870. The molecular weight excluding hydrogens is 238 g/mol. The summed E-state index contributed by atoms with van der Waals surface area (Å²) >= 11 is 6.07. The number of aromatic nitrogens is 2. The maximum atomic E-state index is 6.07. The normalized spacial score (nSPS) is 21.4. The molecule has 2 aliphatic rings. The molecule has 0 amide bonds. The Morgan fingerprint density at radius 2 is 2.12 bits per heavy atom. The SMILES string of the molecule is Clc1cc(N2CCCOCC2)nc(C2CC2)n1. The number of nitrogens with zero attached hydrogens (tertiary/aromatic N) is 3. The second kappa shape index (κ2) is 4.78. The predicted molar refractivity (Wildman–Crippen MR) is 66.7 cm³/mol. The summed E-state index contributed by atoms with van der Waals surface area (Å²) in [5.41, 5.74) is 0. The van der Waals surface area contributed by atoms with E-state index in [2.05, 4.69) is 14.9 Å². The molecule has 0 radical (unpaired) electrons. The lowest BCUT2D eigenvalue weighted by Crippen LogP contribution is -2.27. The molecule has 0 atom stereocenters. The average molecular weight is 254 g/mol. The van der Waals surface area contributed by atoms with Gasteiger partial charge in [0.25, 0.3) is 0 Å². The Labute approximate surface area is 106 Å². The van der Waals surface area contributed by atoms with E-state index < -0.39 is 0 Å². The number of rotatable bonds is 2. The van der Waals surface area contributed by atoms with Crippen molar-refractivity contribution in [1.82, 2.24) is 9.97 Å². The van der Waals surface area contributed by atoms with Crippen molar-refractivity contribution in [3.05, 3.63) is 17.0 Å². The van der Waals surface area contributed by atoms with E-state index in [4.69, 9.17) is 16.3 Å². The summed E-state index contributed by atoms with van der Waals surface area (Å²) in [6.45, 7) is 3.47. The zero-order chi connectivity index (χ0) is 11.7. The summed E-state index contributed by atoms with van der Waals surface area (Å²) < 4.78 is 5.45. The summed E-state index contributed by atoms with van der Waals surface area (Å²) in [5, 5.41) is 0.557. The van der Waals surface area contributed by atoms with Gasteiger partial charge in [-0.05, 0) is 19.3 Å². The third-order valence-corrected chi connectivity index (χ3v) is 3.38. The van der Waals surface area contributed by atoms with E-state index in [1.165, 1.54) is 12.8 Å². The first-order valence-electron chi connectivity index (χ1n) is 6.20. The first-order chi connectivity index (χ1) is 8.33. The van der Waals surface area contributed by atoms with Gasteiger partial charge in [0.2, 0.25) is 0 Å². The van der Waals surface area contributed by atoms with Crippen LogP contribution in [0.1, 0.15) is 31.0 Å². The lowest BCUT2D eigenvalue weighted by molar-refractivity contribution is 0.152. The van der Waals surface area contributed by atoms with Gasteiger partial charge in [-0.25, -0.2) is 9.97 Å². The number of hydrogen-bond acceptors (Lipinski definition) is 4. The summed E-state index contributed by atoms with van der Waals surface area (Å²) in [7, 11) is 0. The van der Waals surface area contributed by atoms with E-state index in [0.717, 1.165) is 44.4 Å². The topological polar surface area (TPSA) is 38.2 Å². The molecule has 17 heavy (non-hydrogen) atoms. The third-order valence-electron chi connectivity index (χ3n) is 3.19. The van der Waals surface area contributed by atoms with Crippen molar-refractivity contribution in [2.75, 3.05) is 31.2 Å². The van der Waals surface area contributed by atoms with Crippen LogP contribution in [-0.4, -0.2) is 36.3 Å². The van der Waals surface area contributed by atoms with Crippen LogP contribution in [0.15, 0.2) is 6.07 Å². The fourth-order valence-electron chi connectivity index (χ4n) is 2.08. The molecule has 1 saturated heterocycles. The van der Waals surface area contributed by atoms with Crippen LogP contribution in [0.3, 0.4) is 0 Å². The van der Waals surface area contributed by atoms with Gasteiger partial charge in [0.05, 0.1) is 6.61 Å². The molecule has 0 unspecified atom stereocenters. The fourth-order valence-corrected chi connectivity index (χ4v) is 2.27. The highest BCUT2D eigenvalue weighted by atomic mass is 35.5. The first kappa shape index (κ1) is 11.2. The Morgan fingerprint density at radius 1 is 1.24 bits per heavy atom. The van der Waals surface area contributed by atoms with Crippen LogP contribution in [0.2, 0.25) is 5.15 Å². The quantitative estimate of drug-likeness (QED) is 0.758. The Morgan fingerprint density at radius 3 is 2.94 bits per heavy atom. The molecule has 1 aliphatic carbocycles. The van der Waals surface area contributed by atoms with Crippen LogP contribution in [0, 0.1) is 0 Å². The molecule has 1 saturated carbocycles. The van der Waals surface area contributed by atoms with Crippen molar-refractivity contribution in [1.29, 1.82) is 0 Å². The molecule has 0 aromatic carbocycles. The van der Waals surface area contributed by atoms with Crippen molar-refractivity contribution < 1.29 is 4.74 Å². The van der Waals surface area contributed by atoms with E-state index in [1.807, 2.05) is 6.07 Å². The highest BCUT2D eigenvalue weighted by Crippen LogP contribution is 2.39. The molecule has 2 heterocycles. The highest BCUT2D eigenvalue weighted by molar-refractivity contribution is 6.29. The van der Waals surface area contributed by atoms with Crippen molar-refractivity contribution in [2.45, 2.75) is 25.2 Å². The van der Waals surface area contributed by atoms with Gasteiger partial charge in [-0.15, -0.1) is 0 Å². The second-order valence-electron chi connectivity index (χ2n) is 4.63. The minimum Gasteiger partial charge on any atom is -0.380 e. The molecular formula is C12H16ClN3O. The van der Waals surface area contributed by atoms with Crippen LogP contribution in [-0.2, 0) is 4.74 Å². The molecule has 1 aliphatic heterocycles. The smallest absolute Gasteiger partial charge is 0.135 e. The summed E-state index contributed by atoms with van der Waals surface area (Å²) in [5.74, 6) is 2.41. The van der Waals surface area contributed by atoms with Gasteiger partial charge in [0.1, 0.15) is 16.8 Å². The molecule has 4 nitrogen and oxygen atoms in total. The van der Waals surface area contributed by atoms with Gasteiger partial charge in [-0.2, -0.15) is 0 Å². The van der Waals surface area contributed by atoms with E-state index in [-0.39, 0.29) is 0 Å². The van der Waals surface area contributed by atoms with E-state index in [9.17, 15) is 0 Å². The minimum absolute atomic E-state index is 0.538. The van der Waals surface area contributed by atoms with Crippen LogP contribution in [0.4, 0.5) is 5.82 Å². The summed E-state index contributed by atoms with van der Waals surface area (Å²) in [6.07, 6.45) is 3.44. The van der Waals surface area contributed by atoms with Crippen LogP contribution >= 0.6 is 11.6 Å². The number of anilines is 1. The van der Waals surface area contributed by atoms with Crippen LogP contribution < -0.4 is 4.90 Å². The molecule has 92 valence electrons. The molecule has 0 bridgehead atoms. The lowest BCUT2D eigenvalue weighted by atomic mass is 10.3. The molecule has 1 aromatic rings. The number of halogens is 1. The molecule has 1 aromatic heterocycles. The first-order valence-corrected chi connectivity index (χ1v) is 6.58. The maximum absolute atomic E-state index is 6.07. The zero-order valence-electron chi connectivity index (χ0n) is 9.73. The van der Waals surface area contributed by atoms with E-state index in [1.54, 1.807) is 0 Å². The van der Waals surface area contributed by atoms with Gasteiger partial charge < -0.3 is 9.64 Å². The van der Waals surface area contributed by atoms with Crippen LogP contribution in [0.25, 0.3) is 0 Å². The fraction of sp³-hybridized carbons (Fsp3) is 0.667. The van der Waals surface area contributed by atoms with Gasteiger partial charge in [-0.1, -0.05) is 11.6 Å². The number of hydrogen-bond donors (Lipinski definition) is 0. The average Bonchev–Trinajstić information content (AvgIpc) is 3.16. The largest absolute Gasteiger partial charge is 0.380 e. The van der Waals surface area contributed by atoms with E-state index in [0.29, 0.717) is 11.1 Å².